The number of rotatable bonds is 3. The first kappa shape index (κ1) is 13.1. The highest BCUT2D eigenvalue weighted by atomic mass is 79.9. The Bertz CT molecular complexity index is 505. The molecule has 0 aromatic heterocycles. The minimum Gasteiger partial charge on any atom is -0.324 e. The highest BCUT2D eigenvalue weighted by Gasteiger charge is 2.40. The molecule has 102 valence electrons. The summed E-state index contributed by atoms with van der Waals surface area (Å²) in [6.07, 6.45) is 5.63. The maximum absolute atomic E-state index is 13.6. The summed E-state index contributed by atoms with van der Waals surface area (Å²) in [7, 11) is 0. The van der Waals surface area contributed by atoms with Gasteiger partial charge in [-0.3, -0.25) is 4.79 Å². The summed E-state index contributed by atoms with van der Waals surface area (Å²) in [5.74, 6) is 1.63. The molecule has 0 saturated heterocycles. The Kier molecular flexibility index (Phi) is 3.61. The quantitative estimate of drug-likeness (QED) is 0.879. The third kappa shape index (κ3) is 2.83. The zero-order chi connectivity index (χ0) is 13.4. The molecule has 2 nitrogen and oxygen atoms in total. The Labute approximate surface area is 120 Å². The number of anilines is 1. The number of fused-ring (bicyclic) bond motifs is 2. The molecule has 1 N–H and O–H groups in total. The summed E-state index contributed by atoms with van der Waals surface area (Å²) >= 11 is 3.20. The van der Waals surface area contributed by atoms with Crippen LogP contribution in [0.1, 0.15) is 32.1 Å². The Morgan fingerprint density at radius 2 is 2.21 bits per heavy atom. The first-order valence-electron chi connectivity index (χ1n) is 6.86. The van der Waals surface area contributed by atoms with Gasteiger partial charge >= 0.3 is 0 Å². The highest BCUT2D eigenvalue weighted by molar-refractivity contribution is 9.10. The maximum atomic E-state index is 13.6. The van der Waals surface area contributed by atoms with Crippen molar-refractivity contribution in [3.63, 3.8) is 0 Å². The van der Waals surface area contributed by atoms with Gasteiger partial charge in [-0.25, -0.2) is 4.39 Å². The van der Waals surface area contributed by atoms with Gasteiger partial charge in [-0.15, -0.1) is 0 Å². The van der Waals surface area contributed by atoms with Gasteiger partial charge in [0.2, 0.25) is 5.91 Å². The fourth-order valence-electron chi connectivity index (χ4n) is 3.66. The standard InChI is InChI=1S/C15H17BrFNO/c16-12-3-4-14(13(17)8-12)18-15(19)7-11-6-9-1-2-10(11)5-9/h3-4,8-11H,1-2,5-7H2,(H,18,19)/t9-,10-,11-/m1/s1. The van der Waals surface area contributed by atoms with E-state index in [1.807, 2.05) is 0 Å². The molecule has 0 radical (unpaired) electrons. The predicted molar refractivity (Wildman–Crippen MR) is 76.3 cm³/mol. The molecular formula is C15H17BrFNO. The van der Waals surface area contributed by atoms with Crippen molar-refractivity contribution in [3.05, 3.63) is 28.5 Å². The number of carbonyl (C=O) groups excluding carboxylic acids is 1. The molecule has 2 aliphatic rings. The molecule has 19 heavy (non-hydrogen) atoms. The smallest absolute Gasteiger partial charge is 0.224 e. The molecule has 0 unspecified atom stereocenters. The minimum atomic E-state index is -0.393. The third-order valence-electron chi connectivity index (χ3n) is 4.54. The zero-order valence-electron chi connectivity index (χ0n) is 10.7. The van der Waals surface area contributed by atoms with E-state index in [2.05, 4.69) is 21.2 Å². The monoisotopic (exact) mass is 325 g/mol. The summed E-state index contributed by atoms with van der Waals surface area (Å²) in [5.41, 5.74) is 0.274. The van der Waals surface area contributed by atoms with Gasteiger partial charge in [-0.1, -0.05) is 22.4 Å². The second-order valence-electron chi connectivity index (χ2n) is 5.81. The van der Waals surface area contributed by atoms with E-state index < -0.39 is 5.82 Å². The number of amides is 1. The second-order valence-corrected chi connectivity index (χ2v) is 6.73. The van der Waals surface area contributed by atoms with Gasteiger partial charge in [0.15, 0.2) is 0 Å². The van der Waals surface area contributed by atoms with E-state index in [-0.39, 0.29) is 11.6 Å². The van der Waals surface area contributed by atoms with Crippen molar-refractivity contribution >= 4 is 27.5 Å². The van der Waals surface area contributed by atoms with Crippen molar-refractivity contribution in [1.29, 1.82) is 0 Å². The molecular weight excluding hydrogens is 309 g/mol. The van der Waals surface area contributed by atoms with Crippen LogP contribution in [-0.2, 0) is 4.79 Å². The highest BCUT2D eigenvalue weighted by Crippen LogP contribution is 2.49. The van der Waals surface area contributed by atoms with E-state index in [9.17, 15) is 9.18 Å². The Hall–Kier alpha value is -0.900. The summed E-state index contributed by atoms with van der Waals surface area (Å²) in [6, 6.07) is 4.70. The van der Waals surface area contributed by atoms with Crippen LogP contribution in [-0.4, -0.2) is 5.91 Å². The van der Waals surface area contributed by atoms with Crippen molar-refractivity contribution in [3.8, 4) is 0 Å². The van der Waals surface area contributed by atoms with Crippen LogP contribution in [0.2, 0.25) is 0 Å². The van der Waals surface area contributed by atoms with Gasteiger partial charge in [0.1, 0.15) is 5.82 Å². The Morgan fingerprint density at radius 3 is 2.84 bits per heavy atom. The summed E-state index contributed by atoms with van der Waals surface area (Å²) in [4.78, 5) is 12.0. The van der Waals surface area contributed by atoms with Gasteiger partial charge in [0.25, 0.3) is 0 Å². The second kappa shape index (κ2) is 5.23. The van der Waals surface area contributed by atoms with E-state index in [1.54, 1.807) is 12.1 Å². The van der Waals surface area contributed by atoms with Crippen LogP contribution in [0.15, 0.2) is 22.7 Å². The Balaban J connectivity index is 1.59. The van der Waals surface area contributed by atoms with Crippen molar-refractivity contribution < 1.29 is 9.18 Å². The topological polar surface area (TPSA) is 29.1 Å². The van der Waals surface area contributed by atoms with Crippen molar-refractivity contribution in [2.45, 2.75) is 32.1 Å². The number of hydrogen-bond donors (Lipinski definition) is 1. The molecule has 1 amide bonds. The van der Waals surface area contributed by atoms with Crippen molar-refractivity contribution in [2.75, 3.05) is 5.32 Å². The van der Waals surface area contributed by atoms with Gasteiger partial charge in [-0.2, -0.15) is 0 Å². The summed E-state index contributed by atoms with van der Waals surface area (Å²) < 4.78 is 14.3. The number of halogens is 2. The van der Waals surface area contributed by atoms with Crippen LogP contribution in [0.3, 0.4) is 0 Å². The fraction of sp³-hybridized carbons (Fsp3) is 0.533. The lowest BCUT2D eigenvalue weighted by Crippen LogP contribution is -2.20. The third-order valence-corrected chi connectivity index (χ3v) is 5.03. The average Bonchev–Trinajstić information content (AvgIpc) is 2.95. The van der Waals surface area contributed by atoms with E-state index in [0.29, 0.717) is 16.8 Å². The van der Waals surface area contributed by atoms with E-state index in [4.69, 9.17) is 0 Å². The number of benzene rings is 1. The molecule has 2 fully saturated rings. The molecule has 2 bridgehead atoms. The lowest BCUT2D eigenvalue weighted by molar-refractivity contribution is -0.117. The van der Waals surface area contributed by atoms with E-state index >= 15 is 0 Å². The molecule has 1 aromatic rings. The largest absolute Gasteiger partial charge is 0.324 e. The molecule has 2 saturated carbocycles. The van der Waals surface area contributed by atoms with Crippen LogP contribution in [0.4, 0.5) is 10.1 Å². The summed E-state index contributed by atoms with van der Waals surface area (Å²) in [5, 5.41) is 2.69. The lowest BCUT2D eigenvalue weighted by Gasteiger charge is -2.20. The minimum absolute atomic E-state index is 0.0567. The van der Waals surface area contributed by atoms with Gasteiger partial charge in [0, 0.05) is 10.9 Å². The molecule has 0 aliphatic heterocycles. The number of nitrogens with one attached hydrogen (secondary N) is 1. The van der Waals surface area contributed by atoms with Gasteiger partial charge in [-0.05, 0) is 55.2 Å². The molecule has 3 atom stereocenters. The first-order valence-corrected chi connectivity index (χ1v) is 7.66. The van der Waals surface area contributed by atoms with Crippen molar-refractivity contribution in [1.82, 2.24) is 0 Å². The molecule has 2 aliphatic carbocycles. The zero-order valence-corrected chi connectivity index (χ0v) is 12.2. The van der Waals surface area contributed by atoms with Crippen LogP contribution in [0.25, 0.3) is 0 Å². The lowest BCUT2D eigenvalue weighted by atomic mass is 9.86. The first-order chi connectivity index (χ1) is 9.11. The van der Waals surface area contributed by atoms with Crippen LogP contribution < -0.4 is 5.32 Å². The van der Waals surface area contributed by atoms with E-state index in [1.165, 1.54) is 31.7 Å². The average molecular weight is 326 g/mol. The number of hydrogen-bond acceptors (Lipinski definition) is 1. The van der Waals surface area contributed by atoms with Gasteiger partial charge < -0.3 is 5.32 Å². The normalized spacial score (nSPS) is 28.6. The predicted octanol–water partition coefficient (Wildman–Crippen LogP) is 4.35. The van der Waals surface area contributed by atoms with Crippen LogP contribution >= 0.6 is 15.9 Å². The van der Waals surface area contributed by atoms with Crippen molar-refractivity contribution in [2.24, 2.45) is 17.8 Å². The van der Waals surface area contributed by atoms with Crippen LogP contribution in [0, 0.1) is 23.6 Å². The fourth-order valence-corrected chi connectivity index (χ4v) is 3.99. The van der Waals surface area contributed by atoms with Crippen LogP contribution in [0.5, 0.6) is 0 Å². The number of carbonyl (C=O) groups is 1. The SMILES string of the molecule is O=C(C[C@H]1C[C@@H]2CC[C@@H]1C2)Nc1ccc(Br)cc1F. The molecule has 1 aromatic carbocycles. The molecule has 0 spiro atoms. The maximum Gasteiger partial charge on any atom is 0.224 e. The summed E-state index contributed by atoms with van der Waals surface area (Å²) in [6.45, 7) is 0. The molecule has 4 heteroatoms. The van der Waals surface area contributed by atoms with E-state index in [0.717, 1.165) is 11.8 Å². The van der Waals surface area contributed by atoms with Gasteiger partial charge in [0.05, 0.1) is 5.69 Å². The molecule has 0 heterocycles. The Morgan fingerprint density at radius 1 is 1.37 bits per heavy atom. The molecule has 3 rings (SSSR count).